The van der Waals surface area contributed by atoms with E-state index in [0.717, 1.165) is 18.4 Å². The predicted octanol–water partition coefficient (Wildman–Crippen LogP) is 5.49. The molecule has 0 heterocycles. The summed E-state index contributed by atoms with van der Waals surface area (Å²) in [6.07, 6.45) is 2.95. The second kappa shape index (κ2) is 10.3. The second-order valence-corrected chi connectivity index (χ2v) is 9.14. The van der Waals surface area contributed by atoms with Crippen LogP contribution in [-0.2, 0) is 16.0 Å². The molecular weight excluding hydrogens is 404 g/mol. The van der Waals surface area contributed by atoms with Gasteiger partial charge in [0.25, 0.3) is 0 Å². The minimum atomic E-state index is -1.57. The average Bonchev–Trinajstić information content (AvgIpc) is 2.81. The molecule has 1 saturated carbocycles. The molecule has 0 saturated heterocycles. The Morgan fingerprint density at radius 1 is 0.906 bits per heavy atom. The lowest BCUT2D eigenvalue weighted by Gasteiger charge is -2.53. The summed E-state index contributed by atoms with van der Waals surface area (Å²) in [5, 5.41) is 32.9. The van der Waals surface area contributed by atoms with Gasteiger partial charge >= 0.3 is 11.9 Å². The summed E-state index contributed by atoms with van der Waals surface area (Å²) in [6.45, 7) is 2.02. The minimum Gasteiger partial charge on any atom is -0.481 e. The molecule has 0 spiro atoms. The van der Waals surface area contributed by atoms with E-state index in [1.54, 1.807) is 12.1 Å². The highest BCUT2D eigenvalue weighted by Gasteiger charge is 2.66. The number of hydrogen-bond donors (Lipinski definition) is 3. The second-order valence-electron chi connectivity index (χ2n) is 9.14. The Hall–Kier alpha value is -2.66. The maximum atomic E-state index is 13.2. The van der Waals surface area contributed by atoms with Gasteiger partial charge in [-0.1, -0.05) is 93.3 Å². The van der Waals surface area contributed by atoms with Crippen LogP contribution < -0.4 is 0 Å². The monoisotopic (exact) mass is 438 g/mol. The Kier molecular flexibility index (Phi) is 7.73. The molecule has 0 aliphatic heterocycles. The molecule has 5 nitrogen and oxygen atoms in total. The summed E-state index contributed by atoms with van der Waals surface area (Å²) in [6, 6.07) is 18.4. The van der Waals surface area contributed by atoms with Gasteiger partial charge in [0.05, 0.1) is 16.9 Å². The van der Waals surface area contributed by atoms with Gasteiger partial charge in [-0.3, -0.25) is 9.59 Å². The molecule has 0 radical (unpaired) electrons. The molecule has 32 heavy (non-hydrogen) atoms. The molecule has 1 aliphatic carbocycles. The number of aliphatic hydroxyl groups is 1. The van der Waals surface area contributed by atoms with Crippen LogP contribution in [0, 0.1) is 16.7 Å². The number of hydrogen-bond acceptors (Lipinski definition) is 3. The maximum absolute atomic E-state index is 13.2. The third-order valence-electron chi connectivity index (χ3n) is 7.44. The fourth-order valence-electron chi connectivity index (χ4n) is 5.85. The quantitative estimate of drug-likeness (QED) is 0.456. The highest BCUT2D eigenvalue weighted by molar-refractivity contribution is 5.87. The number of carbonyl (C=O) groups is 2. The van der Waals surface area contributed by atoms with Crippen molar-refractivity contribution in [3.63, 3.8) is 0 Å². The van der Waals surface area contributed by atoms with E-state index in [4.69, 9.17) is 0 Å². The normalized spacial score (nSPS) is 25.1. The number of unbranched alkanes of at least 4 members (excludes halogenated alkanes) is 1. The van der Waals surface area contributed by atoms with Crippen molar-refractivity contribution < 1.29 is 24.9 Å². The summed E-state index contributed by atoms with van der Waals surface area (Å²) in [5.41, 5.74) is -1.62. The SMILES string of the molecule is CCCCC(C(O)c1ccccc1)C1(C(=O)O)CCCCC1(Cc1ccccc1)C(=O)O. The van der Waals surface area contributed by atoms with Gasteiger partial charge in [0.1, 0.15) is 0 Å². The largest absolute Gasteiger partial charge is 0.481 e. The standard InChI is InChI=1S/C27H34O5/c1-2-3-16-22(23(28)21-14-8-5-9-15-21)27(25(31)32)18-11-10-17-26(27,24(29)30)19-20-12-6-4-7-13-20/h4-9,12-15,22-23,28H,2-3,10-11,16-19H2,1H3,(H,29,30)(H,31,32). The number of rotatable bonds is 10. The van der Waals surface area contributed by atoms with Crippen LogP contribution in [0.1, 0.15) is 69.1 Å². The number of carboxylic acid groups (broad SMARTS) is 2. The Morgan fingerprint density at radius 3 is 2.06 bits per heavy atom. The molecule has 2 aromatic rings. The van der Waals surface area contributed by atoms with Crippen LogP contribution in [0.15, 0.2) is 60.7 Å². The molecule has 5 heteroatoms. The number of aliphatic hydroxyl groups excluding tert-OH is 1. The topological polar surface area (TPSA) is 94.8 Å². The first-order chi connectivity index (χ1) is 15.4. The molecule has 4 unspecified atom stereocenters. The van der Waals surface area contributed by atoms with Crippen LogP contribution in [0.25, 0.3) is 0 Å². The van der Waals surface area contributed by atoms with Crippen molar-refractivity contribution in [3.05, 3.63) is 71.8 Å². The van der Waals surface area contributed by atoms with Gasteiger partial charge < -0.3 is 15.3 Å². The van der Waals surface area contributed by atoms with Gasteiger partial charge in [-0.25, -0.2) is 0 Å². The molecule has 0 bridgehead atoms. The van der Waals surface area contributed by atoms with Crippen LogP contribution in [-0.4, -0.2) is 27.3 Å². The van der Waals surface area contributed by atoms with Crippen molar-refractivity contribution in [3.8, 4) is 0 Å². The van der Waals surface area contributed by atoms with Gasteiger partial charge in [0.2, 0.25) is 0 Å². The van der Waals surface area contributed by atoms with Crippen molar-refractivity contribution in [1.82, 2.24) is 0 Å². The summed E-state index contributed by atoms with van der Waals surface area (Å²) < 4.78 is 0. The lowest BCUT2D eigenvalue weighted by molar-refractivity contribution is -0.194. The van der Waals surface area contributed by atoms with E-state index in [1.807, 2.05) is 55.5 Å². The van der Waals surface area contributed by atoms with E-state index in [9.17, 15) is 24.9 Å². The molecule has 3 rings (SSSR count). The number of benzene rings is 2. The van der Waals surface area contributed by atoms with Gasteiger partial charge in [0, 0.05) is 5.92 Å². The Labute approximate surface area is 190 Å². The highest BCUT2D eigenvalue weighted by atomic mass is 16.4. The Balaban J connectivity index is 2.20. The van der Waals surface area contributed by atoms with E-state index in [1.165, 1.54) is 0 Å². The number of carboxylic acids is 2. The third-order valence-corrected chi connectivity index (χ3v) is 7.44. The van der Waals surface area contributed by atoms with Gasteiger partial charge in [-0.15, -0.1) is 0 Å². The van der Waals surface area contributed by atoms with Crippen molar-refractivity contribution in [2.45, 2.75) is 64.4 Å². The van der Waals surface area contributed by atoms with Crippen molar-refractivity contribution in [2.75, 3.05) is 0 Å². The molecule has 1 fully saturated rings. The van der Waals surface area contributed by atoms with Crippen molar-refractivity contribution in [1.29, 1.82) is 0 Å². The van der Waals surface area contributed by atoms with Crippen molar-refractivity contribution >= 4 is 11.9 Å². The zero-order valence-corrected chi connectivity index (χ0v) is 18.7. The average molecular weight is 439 g/mol. The first kappa shape index (κ1) is 24.0. The molecule has 0 aromatic heterocycles. The first-order valence-electron chi connectivity index (χ1n) is 11.6. The minimum absolute atomic E-state index is 0.139. The molecule has 1 aliphatic rings. The molecule has 0 amide bonds. The van der Waals surface area contributed by atoms with E-state index in [2.05, 4.69) is 0 Å². The zero-order chi connectivity index (χ0) is 23.2. The zero-order valence-electron chi connectivity index (χ0n) is 18.7. The van der Waals surface area contributed by atoms with Gasteiger partial charge in [-0.05, 0) is 36.8 Å². The summed E-state index contributed by atoms with van der Waals surface area (Å²) in [7, 11) is 0. The van der Waals surface area contributed by atoms with Crippen LogP contribution in [0.2, 0.25) is 0 Å². The van der Waals surface area contributed by atoms with Crippen LogP contribution in [0.4, 0.5) is 0 Å². The van der Waals surface area contributed by atoms with Gasteiger partial charge in [-0.2, -0.15) is 0 Å². The van der Waals surface area contributed by atoms with Gasteiger partial charge in [0.15, 0.2) is 0 Å². The lowest BCUT2D eigenvalue weighted by atomic mass is 9.47. The van der Waals surface area contributed by atoms with Crippen LogP contribution in [0.5, 0.6) is 0 Å². The van der Waals surface area contributed by atoms with E-state index >= 15 is 0 Å². The molecule has 4 atom stereocenters. The van der Waals surface area contributed by atoms with Crippen LogP contribution in [0.3, 0.4) is 0 Å². The number of aliphatic carboxylic acids is 2. The smallest absolute Gasteiger partial charge is 0.311 e. The van der Waals surface area contributed by atoms with Crippen molar-refractivity contribution in [2.24, 2.45) is 16.7 Å². The molecular formula is C27H34O5. The predicted molar refractivity (Wildman–Crippen MR) is 123 cm³/mol. The summed E-state index contributed by atoms with van der Waals surface area (Å²) in [4.78, 5) is 26.1. The first-order valence-corrected chi connectivity index (χ1v) is 11.6. The summed E-state index contributed by atoms with van der Waals surface area (Å²) in [5.74, 6) is -2.89. The molecule has 172 valence electrons. The fourth-order valence-corrected chi connectivity index (χ4v) is 5.85. The molecule has 2 aromatic carbocycles. The molecule has 3 N–H and O–H groups in total. The van der Waals surface area contributed by atoms with E-state index in [0.29, 0.717) is 24.8 Å². The van der Waals surface area contributed by atoms with E-state index < -0.39 is 34.8 Å². The highest BCUT2D eigenvalue weighted by Crippen LogP contribution is 2.60. The Bertz CT molecular complexity index is 897. The maximum Gasteiger partial charge on any atom is 0.311 e. The van der Waals surface area contributed by atoms with E-state index in [-0.39, 0.29) is 19.3 Å². The summed E-state index contributed by atoms with van der Waals surface area (Å²) >= 11 is 0. The lowest BCUT2D eigenvalue weighted by Crippen LogP contribution is -2.60. The fraction of sp³-hybridized carbons (Fsp3) is 0.481. The Morgan fingerprint density at radius 2 is 1.50 bits per heavy atom. The third kappa shape index (κ3) is 4.31. The van der Waals surface area contributed by atoms with Crippen LogP contribution >= 0.6 is 0 Å².